The van der Waals surface area contributed by atoms with Gasteiger partial charge in [-0.3, -0.25) is 14.6 Å². The van der Waals surface area contributed by atoms with E-state index in [1.807, 2.05) is 54.6 Å². The monoisotopic (exact) mass is 690 g/mol. The Kier molecular flexibility index (Phi) is 10.4. The number of para-hydroxylation sites is 1. The summed E-state index contributed by atoms with van der Waals surface area (Å²) >= 11 is 0. The lowest BCUT2D eigenvalue weighted by molar-refractivity contribution is -0.151. The fourth-order valence-electron chi connectivity index (χ4n) is 6.84. The van der Waals surface area contributed by atoms with Gasteiger partial charge in [0, 0.05) is 35.9 Å². The van der Waals surface area contributed by atoms with Crippen molar-refractivity contribution in [2.24, 2.45) is 5.92 Å². The van der Waals surface area contributed by atoms with Gasteiger partial charge in [0.1, 0.15) is 17.8 Å². The molecule has 12 heteroatoms. The molecule has 51 heavy (non-hydrogen) atoms. The molecular weight excluding hydrogens is 648 g/mol. The molecule has 1 saturated carbocycles. The van der Waals surface area contributed by atoms with Crippen LogP contribution in [0.25, 0.3) is 21.7 Å². The number of aryl methyl sites for hydroxylation is 1. The number of hydrogen-bond donors (Lipinski definition) is 2. The lowest BCUT2D eigenvalue weighted by Crippen LogP contribution is -2.61. The second kappa shape index (κ2) is 15.1. The van der Waals surface area contributed by atoms with Crippen LogP contribution in [0.5, 0.6) is 5.88 Å². The van der Waals surface area contributed by atoms with Crippen molar-refractivity contribution in [2.75, 3.05) is 13.1 Å². The Morgan fingerprint density at radius 1 is 1.04 bits per heavy atom. The number of rotatable bonds is 14. The van der Waals surface area contributed by atoms with Gasteiger partial charge in [-0.15, -0.1) is 13.2 Å². The quantitative estimate of drug-likeness (QED) is 0.0942. The zero-order valence-electron chi connectivity index (χ0n) is 28.7. The van der Waals surface area contributed by atoms with Gasteiger partial charge in [0.05, 0.1) is 24.0 Å². The number of aromatic nitrogens is 3. The van der Waals surface area contributed by atoms with E-state index in [2.05, 4.69) is 28.4 Å². The topological polar surface area (TPSA) is 155 Å². The van der Waals surface area contributed by atoms with E-state index in [0.717, 1.165) is 45.8 Å². The molecule has 2 aliphatic rings. The molecule has 3 unspecified atom stereocenters. The third-order valence-electron chi connectivity index (χ3n) is 9.74. The van der Waals surface area contributed by atoms with Crippen molar-refractivity contribution in [3.63, 3.8) is 0 Å². The number of hydrogen-bond acceptors (Lipinski definition) is 8. The maximum atomic E-state index is 14.6. The van der Waals surface area contributed by atoms with Crippen molar-refractivity contribution in [1.29, 1.82) is 0 Å². The highest BCUT2D eigenvalue weighted by Gasteiger charge is 2.67. The molecule has 2 fully saturated rings. The molecule has 0 bridgehead atoms. The van der Waals surface area contributed by atoms with E-state index in [1.165, 1.54) is 23.4 Å². The number of nitrogens with zero attached hydrogens (tertiary/aromatic N) is 5. The highest BCUT2D eigenvalue weighted by atomic mass is 16.5. The number of amides is 4. The minimum atomic E-state index is -1.83. The number of pyridine rings is 1. The van der Waals surface area contributed by atoms with Gasteiger partial charge in [0.25, 0.3) is 11.8 Å². The Balaban J connectivity index is 1.27. The van der Waals surface area contributed by atoms with Gasteiger partial charge in [-0.1, -0.05) is 61.4 Å². The Bertz CT molecular complexity index is 1980. The van der Waals surface area contributed by atoms with Crippen molar-refractivity contribution in [3.8, 4) is 5.88 Å². The van der Waals surface area contributed by atoms with Crippen LogP contribution in [-0.2, 0) is 9.59 Å². The number of imide groups is 1. The Labute approximate surface area is 296 Å². The first kappa shape index (κ1) is 35.2. The molecule has 3 heterocycles. The fraction of sp³-hybridized carbons (Fsp3) is 0.359. The molecule has 1 aliphatic heterocycles. The van der Waals surface area contributed by atoms with Crippen LogP contribution in [0, 0.1) is 12.8 Å². The lowest BCUT2D eigenvalue weighted by Gasteiger charge is -2.34. The summed E-state index contributed by atoms with van der Waals surface area (Å²) in [7, 11) is 0. The first-order valence-electron chi connectivity index (χ1n) is 17.3. The van der Waals surface area contributed by atoms with Crippen molar-refractivity contribution < 1.29 is 29.0 Å². The zero-order chi connectivity index (χ0) is 36.1. The van der Waals surface area contributed by atoms with E-state index in [4.69, 9.17) is 9.72 Å². The average Bonchev–Trinajstić information content (AvgIpc) is 3.70. The van der Waals surface area contributed by atoms with Gasteiger partial charge < -0.3 is 20.1 Å². The van der Waals surface area contributed by atoms with Gasteiger partial charge in [0.2, 0.25) is 5.88 Å². The molecule has 4 aromatic rings. The normalized spacial score (nSPS) is 20.1. The van der Waals surface area contributed by atoms with Gasteiger partial charge >= 0.3 is 12.0 Å². The van der Waals surface area contributed by atoms with Crippen LogP contribution in [0.3, 0.4) is 0 Å². The zero-order valence-corrected chi connectivity index (χ0v) is 28.7. The molecule has 2 aromatic heterocycles. The van der Waals surface area contributed by atoms with Crippen LogP contribution in [0.2, 0.25) is 0 Å². The predicted molar refractivity (Wildman–Crippen MR) is 192 cm³/mol. The summed E-state index contributed by atoms with van der Waals surface area (Å²) in [5.74, 6) is -2.98. The van der Waals surface area contributed by atoms with Gasteiger partial charge in [0.15, 0.2) is 5.54 Å². The average molecular weight is 691 g/mol. The van der Waals surface area contributed by atoms with E-state index in [-0.39, 0.29) is 31.6 Å². The van der Waals surface area contributed by atoms with Crippen molar-refractivity contribution in [1.82, 2.24) is 30.1 Å². The van der Waals surface area contributed by atoms with Crippen molar-refractivity contribution in [2.45, 2.75) is 69.6 Å². The first-order chi connectivity index (χ1) is 24.7. The number of allylic oxidation sites excluding steroid dienone is 1. The highest BCUT2D eigenvalue weighted by Crippen LogP contribution is 2.50. The Hall–Kier alpha value is -5.65. The molecule has 264 valence electrons. The van der Waals surface area contributed by atoms with E-state index in [1.54, 1.807) is 6.92 Å². The molecule has 0 spiro atoms. The summed E-state index contributed by atoms with van der Waals surface area (Å²) in [5.41, 5.74) is -0.444. The summed E-state index contributed by atoms with van der Waals surface area (Å²) in [4.78, 5) is 70.6. The number of fused-ring (bicyclic) bond motifs is 3. The lowest BCUT2D eigenvalue weighted by atomic mass is 10.0. The van der Waals surface area contributed by atoms with E-state index in [0.29, 0.717) is 24.4 Å². The summed E-state index contributed by atoms with van der Waals surface area (Å²) in [6.07, 6.45) is 9.12. The third-order valence-corrected chi connectivity index (χ3v) is 9.74. The second-order valence-corrected chi connectivity index (χ2v) is 13.2. The largest absolute Gasteiger partial charge is 0.479 e. The van der Waals surface area contributed by atoms with Crippen LogP contribution in [-0.4, -0.2) is 84.4 Å². The highest BCUT2D eigenvalue weighted by molar-refractivity contribution is 6.08. The molecule has 6 rings (SSSR count). The number of urea groups is 1. The fourth-order valence-corrected chi connectivity index (χ4v) is 6.84. The molecule has 2 aromatic carbocycles. The van der Waals surface area contributed by atoms with Gasteiger partial charge in [-0.25, -0.2) is 24.5 Å². The van der Waals surface area contributed by atoms with Crippen LogP contribution in [0.4, 0.5) is 4.79 Å². The molecule has 12 nitrogen and oxygen atoms in total. The number of carbonyl (C=O) groups excluding carboxylic acids is 3. The standard InChI is InChI=1S/C39H42N6O6/c1-4-6-7-8-9-18-32(42-34(46)33-23-40-25(3)22-41-33)36(47)45(39(37(48)49)21-26(39)5-2)38(50)44-20-19-27(24-44)51-35-30-16-11-10-14-28(30)29-15-12-13-17-31(29)43-35/h4-5,10-17,22-23,26-27,32H,1-2,6-9,18-21,24H2,3H3,(H,42,46)(H,48,49)/t26?,27?,32-,39?/m0/s1. The minimum absolute atomic E-state index is 0.000583. The number of benzene rings is 2. The predicted octanol–water partition coefficient (Wildman–Crippen LogP) is 5.85. The van der Waals surface area contributed by atoms with Gasteiger partial charge in [-0.2, -0.15) is 0 Å². The van der Waals surface area contributed by atoms with Crippen LogP contribution in [0.15, 0.2) is 86.2 Å². The van der Waals surface area contributed by atoms with Crippen molar-refractivity contribution >= 4 is 45.5 Å². The maximum absolute atomic E-state index is 14.6. The second-order valence-electron chi connectivity index (χ2n) is 13.2. The van der Waals surface area contributed by atoms with Crippen LogP contribution < -0.4 is 10.1 Å². The first-order valence-corrected chi connectivity index (χ1v) is 17.3. The molecule has 4 atom stereocenters. The minimum Gasteiger partial charge on any atom is -0.479 e. The molecule has 1 aliphatic carbocycles. The Morgan fingerprint density at radius 2 is 1.78 bits per heavy atom. The molecule has 2 N–H and O–H groups in total. The number of aliphatic carboxylic acids is 1. The van der Waals surface area contributed by atoms with Gasteiger partial charge in [-0.05, 0) is 50.1 Å². The maximum Gasteiger partial charge on any atom is 0.330 e. The molecule has 4 amide bonds. The van der Waals surface area contributed by atoms with Crippen molar-refractivity contribution in [3.05, 3.63) is 97.6 Å². The SMILES string of the molecule is C=CCCCCC[C@H](NC(=O)c1cnc(C)cn1)C(=O)N(C(=O)N1CCC(Oc2nc3ccccc3c3ccccc23)C1)C1(C(=O)O)CC1C=C. The summed E-state index contributed by atoms with van der Waals surface area (Å²) in [5, 5.41) is 16.1. The Morgan fingerprint density at radius 3 is 2.47 bits per heavy atom. The smallest absolute Gasteiger partial charge is 0.330 e. The van der Waals surface area contributed by atoms with Crippen LogP contribution >= 0.6 is 0 Å². The number of ether oxygens (including phenoxy) is 1. The van der Waals surface area contributed by atoms with E-state index >= 15 is 0 Å². The summed E-state index contributed by atoms with van der Waals surface area (Å²) < 4.78 is 6.43. The molecule has 0 radical (unpaired) electrons. The van der Waals surface area contributed by atoms with E-state index in [9.17, 15) is 24.3 Å². The number of nitrogens with one attached hydrogen (secondary N) is 1. The molecule has 1 saturated heterocycles. The number of carbonyl (C=O) groups is 4. The number of carboxylic acid groups (broad SMARTS) is 1. The summed E-state index contributed by atoms with van der Waals surface area (Å²) in [6, 6.07) is 13.7. The number of carboxylic acids is 1. The third kappa shape index (κ3) is 7.17. The number of likely N-dealkylation sites (tertiary alicyclic amines) is 1. The van der Waals surface area contributed by atoms with E-state index < -0.39 is 47.4 Å². The molecular formula is C39H42N6O6. The number of unbranched alkanes of at least 4 members (excludes halogenated alkanes) is 3. The van der Waals surface area contributed by atoms with Crippen LogP contribution in [0.1, 0.15) is 61.1 Å². The summed E-state index contributed by atoms with van der Waals surface area (Å²) in [6.45, 7) is 9.60.